The molecule has 1 unspecified atom stereocenters. The molecule has 1 saturated heterocycles. The van der Waals surface area contributed by atoms with E-state index in [1.807, 2.05) is 0 Å². The fourth-order valence-corrected chi connectivity index (χ4v) is 14.5. The number of hydrogen-bond donors (Lipinski definition) is 0. The Hall–Kier alpha value is -2.99. The molecule has 0 bridgehead atoms. The lowest BCUT2D eigenvalue weighted by atomic mass is 9.80. The zero-order chi connectivity index (χ0) is 45.3. The van der Waals surface area contributed by atoms with E-state index >= 15 is 0 Å². The normalized spacial score (nSPS) is 15.4. The smallest absolute Gasteiger partial charge is 0.134 e. The standard InChI is InChI=1S/C32H47O2P.C23H33OP/c1-19(2)23-14-25(20(3)4)30(26(15-23)21(5)6)27-13-22(7)28(34-12)16-29(27)35-31(8,9)17-24(33)18-32(35,10)11;1-13(2)17-11-18(14(3)4)22(19(12-17)15(5)6)21-16(7)9-10-20(24-8)23(21)25/h13-16,19-21H,17-18H2,1-12H3;9-15H,25H2,1-8H3. The summed E-state index contributed by atoms with van der Waals surface area (Å²) < 4.78 is 11.5. The van der Waals surface area contributed by atoms with Gasteiger partial charge >= 0.3 is 0 Å². The molecular formula is C55H80O3P2. The van der Waals surface area contributed by atoms with Crippen LogP contribution in [0, 0.1) is 13.8 Å². The van der Waals surface area contributed by atoms with E-state index in [2.05, 4.69) is 182 Å². The van der Waals surface area contributed by atoms with Gasteiger partial charge in [0.05, 0.1) is 14.2 Å². The average Bonchev–Trinajstić information content (AvgIpc) is 3.13. The van der Waals surface area contributed by atoms with Crippen molar-refractivity contribution in [2.45, 2.75) is 183 Å². The predicted molar refractivity (Wildman–Crippen MR) is 269 cm³/mol. The third kappa shape index (κ3) is 10.4. The maximum Gasteiger partial charge on any atom is 0.134 e. The van der Waals surface area contributed by atoms with Crippen molar-refractivity contribution in [2.24, 2.45) is 0 Å². The summed E-state index contributed by atoms with van der Waals surface area (Å²) in [6, 6.07) is 18.7. The summed E-state index contributed by atoms with van der Waals surface area (Å²) in [7, 11) is 5.79. The van der Waals surface area contributed by atoms with Crippen molar-refractivity contribution in [3.63, 3.8) is 0 Å². The molecule has 4 aromatic rings. The number of Topliss-reactive ketones (excluding diaryl/α,β-unsaturated/α-hetero) is 1. The van der Waals surface area contributed by atoms with Crippen LogP contribution in [0.2, 0.25) is 0 Å². The molecule has 60 heavy (non-hydrogen) atoms. The van der Waals surface area contributed by atoms with E-state index in [9.17, 15) is 4.79 Å². The Kier molecular flexibility index (Phi) is 16.2. The summed E-state index contributed by atoms with van der Waals surface area (Å²) >= 11 is 0. The van der Waals surface area contributed by atoms with E-state index in [1.165, 1.54) is 72.1 Å². The van der Waals surface area contributed by atoms with E-state index in [0.717, 1.165) is 16.8 Å². The molecule has 4 aromatic carbocycles. The van der Waals surface area contributed by atoms with E-state index in [4.69, 9.17) is 9.47 Å². The number of carbonyl (C=O) groups is 1. The summed E-state index contributed by atoms with van der Waals surface area (Å²) in [5, 5.41) is 2.41. The summed E-state index contributed by atoms with van der Waals surface area (Å²) in [6.45, 7) is 41.2. The summed E-state index contributed by atoms with van der Waals surface area (Å²) in [5.74, 6) is 5.08. The van der Waals surface area contributed by atoms with Crippen LogP contribution in [-0.2, 0) is 4.79 Å². The topological polar surface area (TPSA) is 35.5 Å². The monoisotopic (exact) mass is 851 g/mol. The van der Waals surface area contributed by atoms with Crippen molar-refractivity contribution in [1.82, 2.24) is 0 Å². The molecule has 1 aliphatic heterocycles. The average molecular weight is 851 g/mol. The van der Waals surface area contributed by atoms with Gasteiger partial charge in [-0.05, 0) is 150 Å². The van der Waals surface area contributed by atoms with Crippen LogP contribution in [0.1, 0.15) is 204 Å². The fourth-order valence-electron chi connectivity index (χ4n) is 9.67. The van der Waals surface area contributed by atoms with E-state index < -0.39 is 7.92 Å². The van der Waals surface area contributed by atoms with Gasteiger partial charge < -0.3 is 9.47 Å². The van der Waals surface area contributed by atoms with Crippen molar-refractivity contribution in [3.05, 3.63) is 93.0 Å². The van der Waals surface area contributed by atoms with Crippen LogP contribution in [0.5, 0.6) is 11.5 Å². The van der Waals surface area contributed by atoms with Crippen molar-refractivity contribution in [1.29, 1.82) is 0 Å². The molecular weight excluding hydrogens is 771 g/mol. The highest BCUT2D eigenvalue weighted by Crippen LogP contribution is 2.65. The van der Waals surface area contributed by atoms with Gasteiger partial charge in [0.1, 0.15) is 17.3 Å². The van der Waals surface area contributed by atoms with Gasteiger partial charge in [-0.15, -0.1) is 9.24 Å². The zero-order valence-electron chi connectivity index (χ0n) is 41.2. The Morgan fingerprint density at radius 3 is 1.30 bits per heavy atom. The van der Waals surface area contributed by atoms with Crippen LogP contribution >= 0.6 is 17.2 Å². The van der Waals surface area contributed by atoms with Gasteiger partial charge in [-0.25, -0.2) is 0 Å². The van der Waals surface area contributed by atoms with Gasteiger partial charge in [-0.2, -0.15) is 0 Å². The number of carbonyl (C=O) groups excluding carboxylic acids is 1. The van der Waals surface area contributed by atoms with Crippen LogP contribution in [0.15, 0.2) is 48.5 Å². The van der Waals surface area contributed by atoms with Crippen molar-refractivity contribution in [2.75, 3.05) is 14.2 Å². The first kappa shape index (κ1) is 49.7. The summed E-state index contributed by atoms with van der Waals surface area (Å²) in [5.41, 5.74) is 16.5. The molecule has 1 fully saturated rings. The minimum absolute atomic E-state index is 0.0724. The molecule has 1 heterocycles. The number of benzene rings is 4. The molecule has 0 aromatic heterocycles. The molecule has 1 atom stereocenters. The van der Waals surface area contributed by atoms with Crippen molar-refractivity contribution < 1.29 is 14.3 Å². The summed E-state index contributed by atoms with van der Waals surface area (Å²) in [4.78, 5) is 12.8. The first-order chi connectivity index (χ1) is 27.8. The Morgan fingerprint density at radius 2 is 0.933 bits per heavy atom. The quantitative estimate of drug-likeness (QED) is 0.141. The number of methoxy groups -OCH3 is 2. The molecule has 0 radical (unpaired) electrons. The van der Waals surface area contributed by atoms with Gasteiger partial charge in [-0.1, -0.05) is 149 Å². The van der Waals surface area contributed by atoms with Crippen LogP contribution < -0.4 is 20.1 Å². The molecule has 0 aliphatic carbocycles. The lowest BCUT2D eigenvalue weighted by molar-refractivity contribution is -0.120. The van der Waals surface area contributed by atoms with Gasteiger partial charge in [0.2, 0.25) is 0 Å². The third-order valence-corrected chi connectivity index (χ3v) is 16.8. The number of rotatable bonds is 11. The Labute approximate surface area is 370 Å². The predicted octanol–water partition coefficient (Wildman–Crippen LogP) is 15.6. The minimum atomic E-state index is -0.643. The largest absolute Gasteiger partial charge is 0.496 e. The highest BCUT2D eigenvalue weighted by Gasteiger charge is 2.48. The van der Waals surface area contributed by atoms with Gasteiger partial charge in [0.25, 0.3) is 0 Å². The van der Waals surface area contributed by atoms with Gasteiger partial charge in [0.15, 0.2) is 0 Å². The minimum Gasteiger partial charge on any atom is -0.496 e. The van der Waals surface area contributed by atoms with E-state index in [0.29, 0.717) is 54.1 Å². The Bertz CT molecular complexity index is 2090. The van der Waals surface area contributed by atoms with Crippen LogP contribution in [0.3, 0.4) is 0 Å². The maximum atomic E-state index is 12.8. The molecule has 0 saturated carbocycles. The van der Waals surface area contributed by atoms with E-state index in [-0.39, 0.29) is 10.3 Å². The molecule has 5 rings (SSSR count). The fraction of sp³-hybridized carbons (Fsp3) is 0.545. The lowest BCUT2D eigenvalue weighted by Crippen LogP contribution is -2.43. The molecule has 328 valence electrons. The maximum absolute atomic E-state index is 12.8. The van der Waals surface area contributed by atoms with Gasteiger partial charge in [0, 0.05) is 18.1 Å². The molecule has 5 heteroatoms. The molecule has 1 aliphatic rings. The summed E-state index contributed by atoms with van der Waals surface area (Å²) in [6.07, 6.45) is 1.30. The molecule has 0 amide bonds. The second-order valence-electron chi connectivity index (χ2n) is 20.6. The van der Waals surface area contributed by atoms with Crippen LogP contribution in [0.4, 0.5) is 0 Å². The second kappa shape index (κ2) is 19.6. The highest BCUT2D eigenvalue weighted by molar-refractivity contribution is 7.69. The molecule has 0 N–H and O–H groups in total. The van der Waals surface area contributed by atoms with E-state index in [1.54, 1.807) is 14.2 Å². The number of ether oxygens (including phenoxy) is 2. The number of aryl methyl sites for hydroxylation is 2. The van der Waals surface area contributed by atoms with Gasteiger partial charge in [-0.3, -0.25) is 4.79 Å². The van der Waals surface area contributed by atoms with Crippen molar-refractivity contribution >= 4 is 33.6 Å². The molecule has 3 nitrogen and oxygen atoms in total. The Morgan fingerprint density at radius 1 is 0.533 bits per heavy atom. The SMILES string of the molecule is COc1cc(P2C(C)(C)CC(=O)CC2(C)C)c(-c2c(C(C)C)cc(C(C)C)cc2C(C)C)cc1C.COc1ccc(C)c(-c2c(C(C)C)cc(C(C)C)cc2C(C)C)c1P. The lowest BCUT2D eigenvalue weighted by Gasteiger charge is -2.50. The first-order valence-electron chi connectivity index (χ1n) is 22.6. The Balaban J connectivity index is 0.000000280. The van der Waals surface area contributed by atoms with Crippen molar-refractivity contribution in [3.8, 4) is 33.8 Å². The zero-order valence-corrected chi connectivity index (χ0v) is 43.3. The second-order valence-corrected chi connectivity index (χ2v) is 24.8. The number of ketones is 1. The van der Waals surface area contributed by atoms with Crippen LogP contribution in [-0.4, -0.2) is 30.3 Å². The third-order valence-electron chi connectivity index (χ3n) is 12.6. The van der Waals surface area contributed by atoms with Crippen LogP contribution in [0.25, 0.3) is 22.3 Å². The molecule has 0 spiro atoms. The number of hydrogen-bond acceptors (Lipinski definition) is 3. The first-order valence-corrected chi connectivity index (χ1v) is 24.5. The highest BCUT2D eigenvalue weighted by atomic mass is 31.1.